The van der Waals surface area contributed by atoms with Crippen LogP contribution in [0.5, 0.6) is 11.5 Å². The fourth-order valence-corrected chi connectivity index (χ4v) is 6.00. The van der Waals surface area contributed by atoms with Crippen LogP contribution in [0.1, 0.15) is 37.5 Å². The highest BCUT2D eigenvalue weighted by molar-refractivity contribution is 6.09. The maximum absolute atomic E-state index is 6.50. The normalized spacial score (nSPS) is 13.4. The van der Waals surface area contributed by atoms with E-state index in [1.807, 2.05) is 12.3 Å². The molecular weight excluding hydrogens is 528 g/mol. The number of anilines is 2. The van der Waals surface area contributed by atoms with Crippen LogP contribution in [0.25, 0.3) is 27.6 Å². The molecule has 0 saturated carbocycles. The Hall–Kier alpha value is -5.03. The number of fused-ring (bicyclic) bond motifs is 3. The molecule has 43 heavy (non-hydrogen) atoms. The summed E-state index contributed by atoms with van der Waals surface area (Å²) in [5.41, 5.74) is 8.33. The number of aromatic nitrogens is 2. The van der Waals surface area contributed by atoms with Crippen molar-refractivity contribution in [1.29, 1.82) is 0 Å². The average molecular weight is 565 g/mol. The Morgan fingerprint density at radius 2 is 1.49 bits per heavy atom. The van der Waals surface area contributed by atoms with Gasteiger partial charge in [-0.05, 0) is 78.9 Å². The summed E-state index contributed by atoms with van der Waals surface area (Å²) in [5, 5.41) is 2.37. The van der Waals surface area contributed by atoms with Crippen LogP contribution in [0.2, 0.25) is 0 Å². The fraction of sp³-hybridized carbons (Fsp3) is 0.184. The lowest BCUT2D eigenvalue weighted by Crippen LogP contribution is -2.25. The lowest BCUT2D eigenvalue weighted by Gasteiger charge is -2.23. The highest BCUT2D eigenvalue weighted by Gasteiger charge is 2.19. The molecule has 1 aliphatic rings. The number of aryl methyl sites for hydroxylation is 2. The van der Waals surface area contributed by atoms with Crippen LogP contribution in [0.15, 0.2) is 116 Å². The number of nitrogens with zero attached hydrogens (tertiary/aromatic N) is 4. The molecule has 0 saturated heterocycles. The number of ether oxygens (including phenoxy) is 1. The van der Waals surface area contributed by atoms with Crippen LogP contribution in [0.3, 0.4) is 0 Å². The molecule has 5 heteroatoms. The van der Waals surface area contributed by atoms with Crippen molar-refractivity contribution >= 4 is 33.2 Å². The van der Waals surface area contributed by atoms with Crippen molar-refractivity contribution in [2.45, 2.75) is 40.0 Å². The summed E-state index contributed by atoms with van der Waals surface area (Å²) in [7, 11) is 0. The molecule has 214 valence electrons. The molecule has 5 nitrogen and oxygen atoms in total. The number of benzene rings is 4. The van der Waals surface area contributed by atoms with Gasteiger partial charge in [0.2, 0.25) is 0 Å². The van der Waals surface area contributed by atoms with Gasteiger partial charge in [-0.15, -0.1) is 0 Å². The topological polar surface area (TPSA) is 33.5 Å². The van der Waals surface area contributed by atoms with Gasteiger partial charge in [0.1, 0.15) is 17.3 Å². The van der Waals surface area contributed by atoms with Crippen LogP contribution in [0, 0.1) is 13.8 Å². The third-order valence-corrected chi connectivity index (χ3v) is 8.26. The zero-order valence-corrected chi connectivity index (χ0v) is 25.4. The van der Waals surface area contributed by atoms with Crippen LogP contribution in [-0.4, -0.2) is 16.2 Å². The quantitative estimate of drug-likeness (QED) is 0.209. The van der Waals surface area contributed by atoms with E-state index >= 15 is 0 Å². The zero-order valence-electron chi connectivity index (χ0n) is 25.4. The Kier molecular flexibility index (Phi) is 6.46. The van der Waals surface area contributed by atoms with Crippen molar-refractivity contribution < 1.29 is 4.74 Å². The molecule has 0 aliphatic carbocycles. The number of hydrogen-bond acceptors (Lipinski definition) is 4. The molecule has 0 amide bonds. The standard InChI is InChI=1S/C38H36N4O/c1-26-13-16-34(27(2)21-26)41-20-19-40(25-41)29-9-8-10-30(23-29)43-31-14-15-33-32-11-6-7-12-35(32)42(36(33)24-31)37-22-28(17-18-39-37)38(3,4)5/h6-24H,25H2,1-5H3. The second-order valence-electron chi connectivity index (χ2n) is 12.5. The van der Waals surface area contributed by atoms with Gasteiger partial charge in [0.15, 0.2) is 0 Å². The first-order valence-corrected chi connectivity index (χ1v) is 14.8. The maximum atomic E-state index is 6.50. The monoisotopic (exact) mass is 564 g/mol. The predicted octanol–water partition coefficient (Wildman–Crippen LogP) is 9.64. The summed E-state index contributed by atoms with van der Waals surface area (Å²) in [5.74, 6) is 2.49. The fourth-order valence-electron chi connectivity index (χ4n) is 6.00. The van der Waals surface area contributed by atoms with Crippen LogP contribution < -0.4 is 14.5 Å². The van der Waals surface area contributed by atoms with Gasteiger partial charge < -0.3 is 14.5 Å². The second-order valence-corrected chi connectivity index (χ2v) is 12.5. The van der Waals surface area contributed by atoms with Gasteiger partial charge in [0, 0.05) is 52.9 Å². The summed E-state index contributed by atoms with van der Waals surface area (Å²) in [4.78, 5) is 9.32. The van der Waals surface area contributed by atoms with Crippen LogP contribution >= 0.6 is 0 Å². The Balaban J connectivity index is 1.21. The molecule has 0 unspecified atom stereocenters. The van der Waals surface area contributed by atoms with Crippen molar-refractivity contribution in [3.8, 4) is 17.3 Å². The van der Waals surface area contributed by atoms with E-state index in [0.717, 1.165) is 40.7 Å². The van der Waals surface area contributed by atoms with E-state index in [4.69, 9.17) is 9.72 Å². The van der Waals surface area contributed by atoms with Crippen molar-refractivity contribution in [2.24, 2.45) is 0 Å². The van der Waals surface area contributed by atoms with Gasteiger partial charge >= 0.3 is 0 Å². The van der Waals surface area contributed by atoms with E-state index in [1.165, 1.54) is 33.2 Å². The van der Waals surface area contributed by atoms with Gasteiger partial charge in [0.05, 0.1) is 17.7 Å². The lowest BCUT2D eigenvalue weighted by atomic mass is 9.88. The minimum atomic E-state index is 0.0241. The van der Waals surface area contributed by atoms with Crippen molar-refractivity contribution in [1.82, 2.24) is 9.55 Å². The van der Waals surface area contributed by atoms with E-state index in [-0.39, 0.29) is 5.41 Å². The van der Waals surface area contributed by atoms with E-state index < -0.39 is 0 Å². The minimum absolute atomic E-state index is 0.0241. The second kappa shape index (κ2) is 10.4. The van der Waals surface area contributed by atoms with Crippen molar-refractivity contribution in [2.75, 3.05) is 16.5 Å². The van der Waals surface area contributed by atoms with Gasteiger partial charge in [-0.3, -0.25) is 4.57 Å². The number of rotatable bonds is 5. The van der Waals surface area contributed by atoms with E-state index in [0.29, 0.717) is 0 Å². The maximum Gasteiger partial charge on any atom is 0.137 e. The number of para-hydroxylation sites is 1. The van der Waals surface area contributed by atoms with E-state index in [2.05, 4.69) is 152 Å². The molecule has 0 atom stereocenters. The number of pyridine rings is 1. The molecular formula is C38H36N4O. The van der Waals surface area contributed by atoms with Gasteiger partial charge in [-0.1, -0.05) is 62.7 Å². The minimum Gasteiger partial charge on any atom is -0.457 e. The third-order valence-electron chi connectivity index (χ3n) is 8.26. The summed E-state index contributed by atoms with van der Waals surface area (Å²) in [6.07, 6.45) is 6.18. The van der Waals surface area contributed by atoms with Gasteiger partial charge in [-0.25, -0.2) is 4.98 Å². The molecule has 0 radical (unpaired) electrons. The van der Waals surface area contributed by atoms with Gasteiger partial charge in [0.25, 0.3) is 0 Å². The van der Waals surface area contributed by atoms with E-state index in [9.17, 15) is 0 Å². The van der Waals surface area contributed by atoms with Crippen molar-refractivity contribution in [3.05, 3.63) is 132 Å². The van der Waals surface area contributed by atoms with Crippen molar-refractivity contribution in [3.63, 3.8) is 0 Å². The Bertz CT molecular complexity index is 2010. The molecule has 4 aromatic carbocycles. The lowest BCUT2D eigenvalue weighted by molar-refractivity contribution is 0.483. The predicted molar refractivity (Wildman–Crippen MR) is 179 cm³/mol. The molecule has 0 N–H and O–H groups in total. The molecule has 0 fully saturated rings. The Morgan fingerprint density at radius 1 is 0.698 bits per heavy atom. The summed E-state index contributed by atoms with van der Waals surface area (Å²) in [6.45, 7) is 11.7. The highest BCUT2D eigenvalue weighted by atomic mass is 16.5. The number of hydrogen-bond donors (Lipinski definition) is 0. The summed E-state index contributed by atoms with van der Waals surface area (Å²) in [6, 6.07) is 34.1. The largest absolute Gasteiger partial charge is 0.457 e. The summed E-state index contributed by atoms with van der Waals surface area (Å²) < 4.78 is 8.75. The molecule has 2 aromatic heterocycles. The molecule has 1 aliphatic heterocycles. The molecule has 6 aromatic rings. The molecule has 0 spiro atoms. The van der Waals surface area contributed by atoms with Crippen LogP contribution in [-0.2, 0) is 5.41 Å². The smallest absolute Gasteiger partial charge is 0.137 e. The van der Waals surface area contributed by atoms with Gasteiger partial charge in [-0.2, -0.15) is 0 Å². The first kappa shape index (κ1) is 26.8. The first-order chi connectivity index (χ1) is 20.7. The zero-order chi connectivity index (χ0) is 29.7. The van der Waals surface area contributed by atoms with E-state index in [1.54, 1.807) is 0 Å². The Morgan fingerprint density at radius 3 is 2.33 bits per heavy atom. The molecule has 3 heterocycles. The molecule has 0 bridgehead atoms. The highest BCUT2D eigenvalue weighted by Crippen LogP contribution is 2.36. The third kappa shape index (κ3) is 5.01. The first-order valence-electron chi connectivity index (χ1n) is 14.8. The SMILES string of the molecule is Cc1ccc(N2C=CN(c3cccc(Oc4ccc5c6ccccc6n(-c6cc(C(C)(C)C)ccn6)c5c4)c3)C2)c(C)c1. The summed E-state index contributed by atoms with van der Waals surface area (Å²) >= 11 is 0. The Labute approximate surface area is 253 Å². The average Bonchev–Trinajstić information content (AvgIpc) is 3.60. The molecule has 7 rings (SSSR count). The van der Waals surface area contributed by atoms with Crippen LogP contribution in [0.4, 0.5) is 11.4 Å².